The molecule has 10 heavy (non-hydrogen) atoms. The molecule has 1 aliphatic carbocycles. The second-order valence-electron chi connectivity index (χ2n) is 3.53. The van der Waals surface area contributed by atoms with E-state index in [0.29, 0.717) is 5.92 Å². The summed E-state index contributed by atoms with van der Waals surface area (Å²) in [4.78, 5) is 0. The molecule has 0 aromatic carbocycles. The van der Waals surface area contributed by atoms with Gasteiger partial charge < -0.3 is 0 Å². The Kier molecular flexibility index (Phi) is 2.01. The van der Waals surface area contributed by atoms with Gasteiger partial charge in [-0.3, -0.25) is 0 Å². The largest absolute Gasteiger partial charge is 0.129 e. The van der Waals surface area contributed by atoms with Crippen molar-refractivity contribution < 1.29 is 0 Å². The predicted molar refractivity (Wildman–Crippen MR) is 44.8 cm³/mol. The van der Waals surface area contributed by atoms with Crippen LogP contribution >= 0.6 is 0 Å². The highest BCUT2D eigenvalue weighted by Gasteiger charge is 2.29. The zero-order valence-corrected chi connectivity index (χ0v) is 7.15. The molecule has 0 amide bonds. The van der Waals surface area contributed by atoms with Crippen molar-refractivity contribution in [3.8, 4) is 0 Å². The van der Waals surface area contributed by atoms with E-state index in [2.05, 4.69) is 33.1 Å². The first-order valence-electron chi connectivity index (χ1n) is 4.05. The lowest BCUT2D eigenvalue weighted by Gasteiger charge is -2.11. The maximum absolute atomic E-state index is 3.70. The summed E-state index contributed by atoms with van der Waals surface area (Å²) in [5.74, 6) is 2.37. The van der Waals surface area contributed by atoms with E-state index in [1.807, 2.05) is 0 Å². The molecule has 0 radical (unpaired) electrons. The van der Waals surface area contributed by atoms with E-state index >= 15 is 0 Å². The number of hydrogen-bond donors (Lipinski definition) is 0. The van der Waals surface area contributed by atoms with Crippen LogP contribution in [0.2, 0.25) is 0 Å². The average Bonchev–Trinajstić information content (AvgIpc) is 2.17. The van der Waals surface area contributed by atoms with E-state index in [0.717, 1.165) is 11.8 Å². The van der Waals surface area contributed by atoms with Gasteiger partial charge in [0.05, 0.1) is 0 Å². The minimum absolute atomic E-state index is 0.715. The van der Waals surface area contributed by atoms with E-state index in [1.54, 1.807) is 0 Å². The molecule has 0 N–H and O–H groups in total. The summed E-state index contributed by atoms with van der Waals surface area (Å²) < 4.78 is 0. The molecule has 3 atom stereocenters. The van der Waals surface area contributed by atoms with Crippen LogP contribution in [0.25, 0.3) is 0 Å². The smallest absolute Gasteiger partial charge is 0.0127 e. The quantitative estimate of drug-likeness (QED) is 0.449. The molecule has 0 aliphatic heterocycles. The number of allylic oxidation sites excluding steroid dienone is 1. The number of hydrogen-bond acceptors (Lipinski definition) is 0. The summed E-state index contributed by atoms with van der Waals surface area (Å²) in [6, 6.07) is 0. The third-order valence-electron chi connectivity index (χ3n) is 3.00. The minimum atomic E-state index is 0.715. The van der Waals surface area contributed by atoms with Crippen molar-refractivity contribution in [3.63, 3.8) is 0 Å². The molecule has 0 aromatic heterocycles. The molecule has 0 heterocycles. The molecule has 1 fully saturated rings. The molecular formula is C10H16. The molecule has 1 saturated carbocycles. The molecular weight excluding hydrogens is 120 g/mol. The summed E-state index contributed by atoms with van der Waals surface area (Å²) in [6.07, 6.45) is 1.21. The Hall–Kier alpha value is -0.480. The average molecular weight is 136 g/mol. The van der Waals surface area contributed by atoms with E-state index in [9.17, 15) is 0 Å². The van der Waals surface area contributed by atoms with Gasteiger partial charge in [0.1, 0.15) is 0 Å². The van der Waals surface area contributed by atoms with Crippen LogP contribution in [0.5, 0.6) is 0 Å². The molecule has 0 heteroatoms. The first-order chi connectivity index (χ1) is 4.66. The van der Waals surface area contributed by atoms with E-state index in [4.69, 9.17) is 0 Å². The fourth-order valence-electron chi connectivity index (χ4n) is 1.76. The third kappa shape index (κ3) is 1.04. The molecule has 0 spiro atoms. The third-order valence-corrected chi connectivity index (χ3v) is 3.00. The summed E-state index contributed by atoms with van der Waals surface area (Å²) in [6.45, 7) is 10.6. The maximum atomic E-state index is 3.70. The Labute approximate surface area is 63.6 Å². The normalized spacial score (nSPS) is 39.9. The van der Waals surface area contributed by atoms with Crippen molar-refractivity contribution in [1.29, 1.82) is 0 Å². The second kappa shape index (κ2) is 2.64. The van der Waals surface area contributed by atoms with E-state index in [1.165, 1.54) is 12.0 Å². The topological polar surface area (TPSA) is 0 Å². The highest BCUT2D eigenvalue weighted by molar-refractivity contribution is 5.11. The van der Waals surface area contributed by atoms with Crippen molar-refractivity contribution in [2.24, 2.45) is 17.8 Å². The molecule has 0 saturated heterocycles. The van der Waals surface area contributed by atoms with Gasteiger partial charge in [-0.25, -0.2) is 0 Å². The second-order valence-corrected chi connectivity index (χ2v) is 3.53. The van der Waals surface area contributed by atoms with E-state index < -0.39 is 0 Å². The fourth-order valence-corrected chi connectivity index (χ4v) is 1.76. The van der Waals surface area contributed by atoms with Crippen LogP contribution in [0.15, 0.2) is 17.9 Å². The van der Waals surface area contributed by atoms with Crippen molar-refractivity contribution in [3.05, 3.63) is 17.9 Å². The van der Waals surface area contributed by atoms with Gasteiger partial charge >= 0.3 is 0 Å². The van der Waals surface area contributed by atoms with Gasteiger partial charge in [-0.2, -0.15) is 0 Å². The molecule has 1 rings (SSSR count). The van der Waals surface area contributed by atoms with Crippen LogP contribution in [-0.2, 0) is 0 Å². The highest BCUT2D eigenvalue weighted by Crippen LogP contribution is 2.39. The zero-order valence-electron chi connectivity index (χ0n) is 7.15. The van der Waals surface area contributed by atoms with Crippen molar-refractivity contribution in [1.82, 2.24) is 0 Å². The van der Waals surface area contributed by atoms with Crippen LogP contribution in [-0.4, -0.2) is 0 Å². The fraction of sp³-hybridized carbons (Fsp3) is 0.700. The van der Waals surface area contributed by atoms with Gasteiger partial charge in [0, 0.05) is 0 Å². The van der Waals surface area contributed by atoms with Crippen LogP contribution in [0, 0.1) is 17.8 Å². The van der Waals surface area contributed by atoms with Crippen LogP contribution in [0.4, 0.5) is 0 Å². The van der Waals surface area contributed by atoms with Gasteiger partial charge in [0.25, 0.3) is 0 Å². The van der Waals surface area contributed by atoms with Gasteiger partial charge in [-0.05, 0) is 29.7 Å². The van der Waals surface area contributed by atoms with Crippen molar-refractivity contribution in [2.75, 3.05) is 0 Å². The van der Waals surface area contributed by atoms with Crippen LogP contribution in [0.3, 0.4) is 0 Å². The van der Waals surface area contributed by atoms with E-state index in [-0.39, 0.29) is 0 Å². The molecule has 0 aromatic rings. The Morgan fingerprint density at radius 1 is 1.40 bits per heavy atom. The predicted octanol–water partition coefficient (Wildman–Crippen LogP) is 3.01. The first kappa shape index (κ1) is 7.63. The van der Waals surface area contributed by atoms with Crippen molar-refractivity contribution >= 4 is 0 Å². The van der Waals surface area contributed by atoms with Crippen LogP contribution in [0.1, 0.15) is 27.2 Å². The standard InChI is InChI=1S/C10H16/c1-5-10-6-7(2)8(3)9(10)4/h7-9H,1,6H2,2-4H3. The lowest BCUT2D eigenvalue weighted by molar-refractivity contribution is 0.389. The molecule has 56 valence electrons. The highest BCUT2D eigenvalue weighted by atomic mass is 14.3. The summed E-state index contributed by atoms with van der Waals surface area (Å²) in [5.41, 5.74) is 4.47. The minimum Gasteiger partial charge on any atom is -0.129 e. The summed E-state index contributed by atoms with van der Waals surface area (Å²) >= 11 is 0. The SMILES string of the molecule is C=C=C1CC(C)C(C)C1C. The molecule has 0 bridgehead atoms. The zero-order chi connectivity index (χ0) is 7.72. The van der Waals surface area contributed by atoms with Gasteiger partial charge in [-0.15, -0.1) is 5.73 Å². The van der Waals surface area contributed by atoms with Gasteiger partial charge in [0.2, 0.25) is 0 Å². The number of rotatable bonds is 0. The Balaban J connectivity index is 2.81. The summed E-state index contributed by atoms with van der Waals surface area (Å²) in [5, 5.41) is 0. The lowest BCUT2D eigenvalue weighted by Crippen LogP contribution is -2.04. The summed E-state index contributed by atoms with van der Waals surface area (Å²) in [7, 11) is 0. The van der Waals surface area contributed by atoms with Gasteiger partial charge in [-0.1, -0.05) is 27.4 Å². The monoisotopic (exact) mass is 136 g/mol. The Bertz CT molecular complexity index is 172. The lowest BCUT2D eigenvalue weighted by atomic mass is 9.93. The van der Waals surface area contributed by atoms with Crippen LogP contribution < -0.4 is 0 Å². The van der Waals surface area contributed by atoms with Gasteiger partial charge in [0.15, 0.2) is 0 Å². The molecule has 1 aliphatic rings. The maximum Gasteiger partial charge on any atom is -0.0127 e. The Morgan fingerprint density at radius 2 is 2.00 bits per heavy atom. The molecule has 0 nitrogen and oxygen atoms in total. The van der Waals surface area contributed by atoms with Crippen molar-refractivity contribution in [2.45, 2.75) is 27.2 Å². The first-order valence-corrected chi connectivity index (χ1v) is 4.05. The molecule has 3 unspecified atom stereocenters. The Morgan fingerprint density at radius 3 is 2.20 bits per heavy atom.